The number of benzene rings is 1. The minimum absolute atomic E-state index is 0.0495. The van der Waals surface area contributed by atoms with Gasteiger partial charge in [0.25, 0.3) is 5.91 Å². The standard InChI is InChI=1S/C19H30N2O2/c1-12(2)16-9-8-13(3)10-18(16)23-14(4)19(22)21-17-7-5-6-15(17)11-20/h8-10,12,14-15,17H,5-7,11,20H2,1-4H3,(H,21,22). The van der Waals surface area contributed by atoms with Gasteiger partial charge in [0.2, 0.25) is 0 Å². The van der Waals surface area contributed by atoms with Crippen molar-refractivity contribution in [2.24, 2.45) is 11.7 Å². The first-order valence-corrected chi connectivity index (χ1v) is 8.70. The Morgan fingerprint density at radius 2 is 2.09 bits per heavy atom. The zero-order chi connectivity index (χ0) is 17.0. The first kappa shape index (κ1) is 17.8. The van der Waals surface area contributed by atoms with E-state index in [0.29, 0.717) is 18.4 Å². The van der Waals surface area contributed by atoms with Crippen LogP contribution in [0.15, 0.2) is 18.2 Å². The number of aryl methyl sites for hydroxylation is 1. The van der Waals surface area contributed by atoms with Gasteiger partial charge < -0.3 is 15.8 Å². The molecule has 1 fully saturated rings. The molecule has 3 unspecified atom stereocenters. The van der Waals surface area contributed by atoms with E-state index < -0.39 is 6.10 Å². The summed E-state index contributed by atoms with van der Waals surface area (Å²) >= 11 is 0. The highest BCUT2D eigenvalue weighted by molar-refractivity contribution is 5.81. The zero-order valence-electron chi connectivity index (χ0n) is 14.8. The number of amides is 1. The molecule has 0 heterocycles. The van der Waals surface area contributed by atoms with Crippen LogP contribution in [0.5, 0.6) is 5.75 Å². The van der Waals surface area contributed by atoms with Gasteiger partial charge in [-0.15, -0.1) is 0 Å². The summed E-state index contributed by atoms with van der Waals surface area (Å²) in [6.07, 6.45) is 2.75. The van der Waals surface area contributed by atoms with Crippen LogP contribution in [-0.4, -0.2) is 24.6 Å². The number of hydrogen-bond donors (Lipinski definition) is 2. The minimum atomic E-state index is -0.506. The van der Waals surface area contributed by atoms with Gasteiger partial charge in [0.15, 0.2) is 6.10 Å². The molecule has 1 amide bonds. The fourth-order valence-electron chi connectivity index (χ4n) is 3.27. The summed E-state index contributed by atoms with van der Waals surface area (Å²) in [6, 6.07) is 6.37. The molecule has 0 radical (unpaired) electrons. The maximum absolute atomic E-state index is 12.5. The Kier molecular flexibility index (Phi) is 6.05. The van der Waals surface area contributed by atoms with Gasteiger partial charge in [-0.25, -0.2) is 0 Å². The lowest BCUT2D eigenvalue weighted by atomic mass is 10.0. The molecule has 0 saturated heterocycles. The lowest BCUT2D eigenvalue weighted by molar-refractivity contribution is -0.128. The molecule has 0 spiro atoms. The minimum Gasteiger partial charge on any atom is -0.481 e. The quantitative estimate of drug-likeness (QED) is 0.847. The number of hydrogen-bond acceptors (Lipinski definition) is 3. The van der Waals surface area contributed by atoms with E-state index in [1.807, 2.05) is 19.9 Å². The van der Waals surface area contributed by atoms with Crippen molar-refractivity contribution in [1.29, 1.82) is 0 Å². The van der Waals surface area contributed by atoms with Crippen LogP contribution < -0.4 is 15.8 Å². The molecule has 1 aromatic rings. The van der Waals surface area contributed by atoms with Crippen LogP contribution in [0.25, 0.3) is 0 Å². The van der Waals surface area contributed by atoms with Crippen molar-refractivity contribution < 1.29 is 9.53 Å². The average molecular weight is 318 g/mol. The van der Waals surface area contributed by atoms with E-state index >= 15 is 0 Å². The Balaban J connectivity index is 2.02. The second kappa shape index (κ2) is 7.82. The van der Waals surface area contributed by atoms with Gasteiger partial charge in [-0.2, -0.15) is 0 Å². The highest BCUT2D eigenvalue weighted by atomic mass is 16.5. The molecule has 4 nitrogen and oxygen atoms in total. The van der Waals surface area contributed by atoms with E-state index in [4.69, 9.17) is 10.5 Å². The third kappa shape index (κ3) is 4.47. The number of ether oxygens (including phenoxy) is 1. The van der Waals surface area contributed by atoms with E-state index in [0.717, 1.165) is 36.1 Å². The summed E-state index contributed by atoms with van der Waals surface area (Å²) < 4.78 is 5.99. The van der Waals surface area contributed by atoms with E-state index in [1.54, 1.807) is 0 Å². The van der Waals surface area contributed by atoms with Gasteiger partial charge in [-0.3, -0.25) is 4.79 Å². The lowest BCUT2D eigenvalue weighted by Gasteiger charge is -2.23. The monoisotopic (exact) mass is 318 g/mol. The molecule has 1 aliphatic rings. The van der Waals surface area contributed by atoms with E-state index in [9.17, 15) is 4.79 Å². The molecule has 4 heteroatoms. The fourth-order valence-corrected chi connectivity index (χ4v) is 3.27. The van der Waals surface area contributed by atoms with Crippen molar-refractivity contribution in [1.82, 2.24) is 5.32 Å². The zero-order valence-corrected chi connectivity index (χ0v) is 14.8. The summed E-state index contributed by atoms with van der Waals surface area (Å²) in [6.45, 7) is 8.75. The van der Waals surface area contributed by atoms with Gasteiger partial charge in [0, 0.05) is 6.04 Å². The Labute approximate surface area is 139 Å². The van der Waals surface area contributed by atoms with Crippen molar-refractivity contribution in [2.45, 2.75) is 65.0 Å². The first-order chi connectivity index (χ1) is 10.9. The van der Waals surface area contributed by atoms with Crippen LogP contribution in [0.3, 0.4) is 0 Å². The van der Waals surface area contributed by atoms with Crippen LogP contribution in [0.2, 0.25) is 0 Å². The molecule has 0 bridgehead atoms. The molecular formula is C19H30N2O2. The second-order valence-electron chi connectivity index (χ2n) is 7.00. The van der Waals surface area contributed by atoms with Crippen molar-refractivity contribution >= 4 is 5.91 Å². The predicted molar refractivity (Wildman–Crippen MR) is 93.7 cm³/mol. The molecule has 23 heavy (non-hydrogen) atoms. The maximum Gasteiger partial charge on any atom is 0.261 e. The van der Waals surface area contributed by atoms with Crippen molar-refractivity contribution in [3.8, 4) is 5.75 Å². The van der Waals surface area contributed by atoms with Crippen LogP contribution in [0.1, 0.15) is 57.1 Å². The predicted octanol–water partition coefficient (Wildman–Crippen LogP) is 3.13. The van der Waals surface area contributed by atoms with Gasteiger partial charge in [0.1, 0.15) is 5.75 Å². The largest absolute Gasteiger partial charge is 0.481 e. The Morgan fingerprint density at radius 1 is 1.35 bits per heavy atom. The smallest absolute Gasteiger partial charge is 0.261 e. The molecule has 128 valence electrons. The Bertz CT molecular complexity index is 542. The first-order valence-electron chi connectivity index (χ1n) is 8.70. The normalized spacial score (nSPS) is 22.2. The molecule has 3 N–H and O–H groups in total. The van der Waals surface area contributed by atoms with E-state index in [1.165, 1.54) is 0 Å². The molecule has 3 atom stereocenters. The highest BCUT2D eigenvalue weighted by Crippen LogP contribution is 2.29. The van der Waals surface area contributed by atoms with Crippen molar-refractivity contribution in [3.05, 3.63) is 29.3 Å². The number of carbonyl (C=O) groups is 1. The molecular weight excluding hydrogens is 288 g/mol. The third-order valence-corrected chi connectivity index (χ3v) is 4.75. The number of carbonyl (C=O) groups excluding carboxylic acids is 1. The maximum atomic E-state index is 12.5. The van der Waals surface area contributed by atoms with Gasteiger partial charge >= 0.3 is 0 Å². The second-order valence-corrected chi connectivity index (χ2v) is 7.00. The topological polar surface area (TPSA) is 64.3 Å². The van der Waals surface area contributed by atoms with Gasteiger partial charge in [-0.1, -0.05) is 32.4 Å². The summed E-state index contributed by atoms with van der Waals surface area (Å²) in [5.41, 5.74) is 8.06. The van der Waals surface area contributed by atoms with Crippen LogP contribution >= 0.6 is 0 Å². The van der Waals surface area contributed by atoms with E-state index in [-0.39, 0.29) is 11.9 Å². The van der Waals surface area contributed by atoms with Crippen LogP contribution in [0, 0.1) is 12.8 Å². The molecule has 1 aromatic carbocycles. The molecule has 0 aliphatic heterocycles. The molecule has 1 aliphatic carbocycles. The number of nitrogens with two attached hydrogens (primary N) is 1. The summed E-state index contributed by atoms with van der Waals surface area (Å²) in [7, 11) is 0. The Hall–Kier alpha value is -1.55. The Morgan fingerprint density at radius 3 is 2.74 bits per heavy atom. The summed E-state index contributed by atoms with van der Waals surface area (Å²) in [5, 5.41) is 3.12. The molecule has 2 rings (SSSR count). The van der Waals surface area contributed by atoms with Gasteiger partial charge in [-0.05, 0) is 62.3 Å². The number of nitrogens with one attached hydrogen (secondary N) is 1. The SMILES string of the molecule is Cc1ccc(C(C)C)c(OC(C)C(=O)NC2CCCC2CN)c1. The van der Waals surface area contributed by atoms with Gasteiger partial charge in [0.05, 0.1) is 0 Å². The molecule has 0 aromatic heterocycles. The average Bonchev–Trinajstić information content (AvgIpc) is 2.94. The number of rotatable bonds is 6. The third-order valence-electron chi connectivity index (χ3n) is 4.75. The molecule has 1 saturated carbocycles. The van der Waals surface area contributed by atoms with Crippen LogP contribution in [0.4, 0.5) is 0 Å². The summed E-state index contributed by atoms with van der Waals surface area (Å²) in [5.74, 6) is 1.52. The highest BCUT2D eigenvalue weighted by Gasteiger charge is 2.29. The summed E-state index contributed by atoms with van der Waals surface area (Å²) in [4.78, 5) is 12.5. The van der Waals surface area contributed by atoms with Crippen LogP contribution in [-0.2, 0) is 4.79 Å². The van der Waals surface area contributed by atoms with Crippen molar-refractivity contribution in [2.75, 3.05) is 6.54 Å². The lowest BCUT2D eigenvalue weighted by Crippen LogP contribution is -2.45. The van der Waals surface area contributed by atoms with Crippen molar-refractivity contribution in [3.63, 3.8) is 0 Å². The van der Waals surface area contributed by atoms with E-state index in [2.05, 4.69) is 31.3 Å². The fraction of sp³-hybridized carbons (Fsp3) is 0.632.